The molecule has 5 atom stereocenters. The minimum absolute atomic E-state index is 0.119. The van der Waals surface area contributed by atoms with Crippen LogP contribution in [0.25, 0.3) is 0 Å². The summed E-state index contributed by atoms with van der Waals surface area (Å²) in [6, 6.07) is 6.07. The number of aliphatic hydroxyl groups is 4. The number of nitrogens with zero attached hydrogens (tertiary/aromatic N) is 1. The molecule has 0 aliphatic carbocycles. The van der Waals surface area contributed by atoms with Gasteiger partial charge in [-0.05, 0) is 6.07 Å². The van der Waals surface area contributed by atoms with E-state index in [9.17, 15) is 34.0 Å². The fourth-order valence-corrected chi connectivity index (χ4v) is 3.62. The van der Waals surface area contributed by atoms with E-state index in [0.29, 0.717) is 17.3 Å². The first-order valence-electron chi connectivity index (χ1n) is 7.59. The summed E-state index contributed by atoms with van der Waals surface area (Å²) in [7, 11) is -4.91. The van der Waals surface area contributed by atoms with Crippen molar-refractivity contribution in [3.8, 4) is 5.75 Å². The molecule has 27 heavy (non-hydrogen) atoms. The van der Waals surface area contributed by atoms with E-state index >= 15 is 0 Å². The molecule has 0 aromatic heterocycles. The summed E-state index contributed by atoms with van der Waals surface area (Å²) in [6.07, 6.45) is -6.14. The van der Waals surface area contributed by atoms with Crippen LogP contribution in [0.5, 0.6) is 5.75 Å². The molecule has 1 aliphatic heterocycles. The first-order chi connectivity index (χ1) is 12.6. The summed E-state index contributed by atoms with van der Waals surface area (Å²) in [5.41, 5.74) is -0.928. The number of benzene rings is 1. The lowest BCUT2D eigenvalue weighted by Gasteiger charge is -2.39. The van der Waals surface area contributed by atoms with Gasteiger partial charge in [0.2, 0.25) is 0 Å². The molecular formula is C14H19NO10S2. The van der Waals surface area contributed by atoms with Crippen molar-refractivity contribution in [2.24, 2.45) is 5.16 Å². The summed E-state index contributed by atoms with van der Waals surface area (Å²) in [5.74, 6) is -0.119. The Balaban J connectivity index is 2.24. The van der Waals surface area contributed by atoms with Gasteiger partial charge in [0.05, 0.1) is 6.61 Å². The maximum Gasteiger partial charge on any atom is 0.466 e. The van der Waals surface area contributed by atoms with Crippen LogP contribution >= 0.6 is 11.8 Å². The standard InChI is InChI=1S/C14H19NO10S2/c16-6-9-11(18)12(19)13(20)14(24-9)26-10(15-25-27(21,22)23)5-7-3-1-2-4-8(7)17/h1-4,9,11-14,16-20H,5-6H2,(H,21,22,23)/b15-10+/t9-,11-,12+,13-,14+/m1/s1. The van der Waals surface area contributed by atoms with Gasteiger partial charge >= 0.3 is 10.4 Å². The van der Waals surface area contributed by atoms with Crippen LogP contribution in [-0.4, -0.2) is 80.0 Å². The Hall–Kier alpha value is -1.45. The van der Waals surface area contributed by atoms with Crippen LogP contribution in [0.3, 0.4) is 0 Å². The predicted molar refractivity (Wildman–Crippen MR) is 93.2 cm³/mol. The normalized spacial score (nSPS) is 29.5. The van der Waals surface area contributed by atoms with Crippen LogP contribution in [0.15, 0.2) is 29.4 Å². The Bertz CT molecular complexity index is 769. The van der Waals surface area contributed by atoms with E-state index in [2.05, 4.69) is 9.44 Å². The number of aromatic hydroxyl groups is 1. The molecule has 1 aromatic carbocycles. The molecule has 0 radical (unpaired) electrons. The zero-order valence-corrected chi connectivity index (χ0v) is 15.3. The lowest BCUT2D eigenvalue weighted by molar-refractivity contribution is -0.205. The highest BCUT2D eigenvalue weighted by molar-refractivity contribution is 8.14. The number of phenolic OH excluding ortho intramolecular Hbond substituents is 1. The zero-order chi connectivity index (χ0) is 20.2. The van der Waals surface area contributed by atoms with Crippen LogP contribution in [0.1, 0.15) is 5.56 Å². The minimum Gasteiger partial charge on any atom is -0.508 e. The smallest absolute Gasteiger partial charge is 0.466 e. The molecular weight excluding hydrogens is 406 g/mol. The molecule has 0 bridgehead atoms. The van der Waals surface area contributed by atoms with Gasteiger partial charge in [-0.15, -0.1) is 0 Å². The summed E-state index contributed by atoms with van der Waals surface area (Å²) in [5, 5.41) is 51.9. The Morgan fingerprint density at radius 1 is 1.19 bits per heavy atom. The number of ether oxygens (including phenoxy) is 1. The SMILES string of the molecule is O=S(=O)(O)O/N=C(\Cc1ccccc1O)S[C@@H]1O[C@H](CO)[C@@H](O)[C@H](O)[C@H]1O. The van der Waals surface area contributed by atoms with Crippen molar-refractivity contribution >= 4 is 27.2 Å². The van der Waals surface area contributed by atoms with Crippen molar-refractivity contribution in [3.05, 3.63) is 29.8 Å². The molecule has 6 N–H and O–H groups in total. The number of rotatable bonds is 6. The molecule has 13 heteroatoms. The fourth-order valence-electron chi connectivity index (χ4n) is 2.31. The third-order valence-electron chi connectivity index (χ3n) is 3.67. The maximum absolute atomic E-state index is 10.8. The predicted octanol–water partition coefficient (Wildman–Crippen LogP) is -1.40. The second-order valence-electron chi connectivity index (χ2n) is 5.61. The average molecular weight is 425 g/mol. The summed E-state index contributed by atoms with van der Waals surface area (Å²) in [6.45, 7) is -0.643. The number of oxime groups is 1. The topological polar surface area (TPSA) is 186 Å². The molecule has 152 valence electrons. The van der Waals surface area contributed by atoms with Crippen LogP contribution < -0.4 is 0 Å². The van der Waals surface area contributed by atoms with Gasteiger partial charge in [-0.3, -0.25) is 4.55 Å². The van der Waals surface area contributed by atoms with Crippen molar-refractivity contribution < 1.29 is 47.5 Å². The molecule has 2 rings (SSSR count). The molecule has 1 aliphatic rings. The van der Waals surface area contributed by atoms with E-state index < -0.39 is 46.9 Å². The van der Waals surface area contributed by atoms with Gasteiger partial charge < -0.3 is 30.3 Å². The summed E-state index contributed by atoms with van der Waals surface area (Å²) >= 11 is 0.627. The highest BCUT2D eigenvalue weighted by Gasteiger charge is 2.44. The van der Waals surface area contributed by atoms with Gasteiger partial charge in [-0.1, -0.05) is 35.1 Å². The second-order valence-corrected chi connectivity index (χ2v) is 7.78. The van der Waals surface area contributed by atoms with E-state index in [1.165, 1.54) is 12.1 Å². The van der Waals surface area contributed by atoms with E-state index in [1.54, 1.807) is 12.1 Å². The largest absolute Gasteiger partial charge is 0.508 e. The molecule has 0 amide bonds. The Morgan fingerprint density at radius 2 is 1.85 bits per heavy atom. The quantitative estimate of drug-likeness (QED) is 0.136. The zero-order valence-electron chi connectivity index (χ0n) is 13.7. The molecule has 1 heterocycles. The van der Waals surface area contributed by atoms with Crippen molar-refractivity contribution in [3.63, 3.8) is 0 Å². The molecule has 0 saturated carbocycles. The van der Waals surface area contributed by atoms with E-state index in [-0.39, 0.29) is 17.2 Å². The number of thioether (sulfide) groups is 1. The molecule has 0 unspecified atom stereocenters. The molecule has 0 spiro atoms. The van der Waals surface area contributed by atoms with Crippen molar-refractivity contribution in [1.29, 1.82) is 0 Å². The monoisotopic (exact) mass is 425 g/mol. The van der Waals surface area contributed by atoms with E-state index in [4.69, 9.17) is 9.29 Å². The Kier molecular flexibility index (Phi) is 7.41. The summed E-state index contributed by atoms with van der Waals surface area (Å²) in [4.78, 5) is 0. The van der Waals surface area contributed by atoms with Gasteiger partial charge in [-0.2, -0.15) is 8.42 Å². The third-order valence-corrected chi connectivity index (χ3v) is 5.04. The average Bonchev–Trinajstić information content (AvgIpc) is 2.61. The maximum atomic E-state index is 10.8. The first-order valence-corrected chi connectivity index (χ1v) is 9.84. The highest BCUT2D eigenvalue weighted by atomic mass is 32.3. The van der Waals surface area contributed by atoms with Gasteiger partial charge in [0.15, 0.2) is 0 Å². The lowest BCUT2D eigenvalue weighted by atomic mass is 10.0. The Labute approximate surface area is 158 Å². The van der Waals surface area contributed by atoms with Crippen LogP contribution in [0.4, 0.5) is 0 Å². The van der Waals surface area contributed by atoms with Crippen LogP contribution in [0, 0.1) is 0 Å². The second kappa shape index (κ2) is 9.16. The van der Waals surface area contributed by atoms with E-state index in [1.807, 2.05) is 0 Å². The van der Waals surface area contributed by atoms with E-state index in [0.717, 1.165) is 0 Å². The van der Waals surface area contributed by atoms with Gasteiger partial charge in [0.1, 0.15) is 40.6 Å². The molecule has 1 saturated heterocycles. The van der Waals surface area contributed by atoms with Crippen LogP contribution in [0.2, 0.25) is 0 Å². The third kappa shape index (κ3) is 6.02. The number of hydrogen-bond acceptors (Lipinski definition) is 11. The van der Waals surface area contributed by atoms with Crippen molar-refractivity contribution in [2.45, 2.75) is 36.3 Å². The lowest BCUT2D eigenvalue weighted by Crippen LogP contribution is -2.57. The number of phenols is 1. The van der Waals surface area contributed by atoms with Gasteiger partial charge in [0, 0.05) is 12.0 Å². The molecule has 11 nitrogen and oxygen atoms in total. The Morgan fingerprint density at radius 3 is 2.44 bits per heavy atom. The first kappa shape index (κ1) is 21.8. The number of para-hydroxylation sites is 1. The van der Waals surface area contributed by atoms with Gasteiger partial charge in [-0.25, -0.2) is 4.28 Å². The highest BCUT2D eigenvalue weighted by Crippen LogP contribution is 2.31. The summed E-state index contributed by atoms with van der Waals surface area (Å²) < 4.78 is 39.6. The van der Waals surface area contributed by atoms with Crippen LogP contribution in [-0.2, 0) is 25.8 Å². The number of aliphatic hydroxyl groups excluding tert-OH is 4. The van der Waals surface area contributed by atoms with Crippen molar-refractivity contribution in [1.82, 2.24) is 0 Å². The van der Waals surface area contributed by atoms with Gasteiger partial charge in [0.25, 0.3) is 0 Å². The molecule has 1 aromatic rings. The van der Waals surface area contributed by atoms with Crippen molar-refractivity contribution in [2.75, 3.05) is 6.61 Å². The molecule has 1 fully saturated rings. The fraction of sp³-hybridized carbons (Fsp3) is 0.500. The number of hydrogen-bond donors (Lipinski definition) is 6. The minimum atomic E-state index is -4.91.